The van der Waals surface area contributed by atoms with Gasteiger partial charge in [0.1, 0.15) is 12.4 Å². The fourth-order valence-electron chi connectivity index (χ4n) is 0.800. The molecule has 1 radical (unpaired) electrons. The highest BCUT2D eigenvalue weighted by Gasteiger charge is 1.94. The Labute approximate surface area is 66.4 Å². The van der Waals surface area contributed by atoms with E-state index in [0.717, 1.165) is 11.3 Å². The van der Waals surface area contributed by atoms with Crippen LogP contribution >= 0.6 is 0 Å². The molecule has 0 bridgehead atoms. The van der Waals surface area contributed by atoms with Gasteiger partial charge in [0, 0.05) is 0 Å². The summed E-state index contributed by atoms with van der Waals surface area (Å²) >= 11 is 0. The standard InChI is InChI=1S/C9H11O2/c1-8-4-2-3-5-9(8)11-7-6-10/h2-5,10H,1,6-7H2. The Morgan fingerprint density at radius 2 is 2.09 bits per heavy atom. The predicted octanol–water partition coefficient (Wildman–Crippen LogP) is 1.24. The zero-order valence-corrected chi connectivity index (χ0v) is 6.29. The average molecular weight is 151 g/mol. The normalized spacial score (nSPS) is 9.64. The molecule has 0 saturated carbocycles. The number of hydrogen-bond acceptors (Lipinski definition) is 2. The molecule has 0 aliphatic heterocycles. The van der Waals surface area contributed by atoms with E-state index in [-0.39, 0.29) is 6.61 Å². The summed E-state index contributed by atoms with van der Waals surface area (Å²) in [7, 11) is 0. The Kier molecular flexibility index (Phi) is 2.93. The SMILES string of the molecule is [CH2]c1ccccc1OCCO. The molecule has 1 rings (SSSR count). The maximum Gasteiger partial charge on any atom is 0.122 e. The number of rotatable bonds is 3. The summed E-state index contributed by atoms with van der Waals surface area (Å²) in [5.74, 6) is 0.738. The zero-order valence-electron chi connectivity index (χ0n) is 6.29. The smallest absolute Gasteiger partial charge is 0.122 e. The molecule has 0 unspecified atom stereocenters. The van der Waals surface area contributed by atoms with Crippen molar-refractivity contribution in [3.05, 3.63) is 36.8 Å². The molecule has 2 nitrogen and oxygen atoms in total. The topological polar surface area (TPSA) is 29.5 Å². The molecule has 11 heavy (non-hydrogen) atoms. The molecule has 0 saturated heterocycles. The van der Waals surface area contributed by atoms with Gasteiger partial charge in [-0.05, 0) is 18.6 Å². The van der Waals surface area contributed by atoms with Crippen LogP contribution in [0.3, 0.4) is 0 Å². The molecule has 0 aromatic heterocycles. The van der Waals surface area contributed by atoms with Crippen LogP contribution in [0.2, 0.25) is 0 Å². The third kappa shape index (κ3) is 2.24. The van der Waals surface area contributed by atoms with Gasteiger partial charge in [-0.3, -0.25) is 0 Å². The number of aliphatic hydroxyl groups is 1. The van der Waals surface area contributed by atoms with Crippen LogP contribution in [0.1, 0.15) is 5.56 Å². The second-order valence-electron chi connectivity index (χ2n) is 2.18. The minimum Gasteiger partial charge on any atom is -0.491 e. The lowest BCUT2D eigenvalue weighted by atomic mass is 10.2. The van der Waals surface area contributed by atoms with Gasteiger partial charge in [0.15, 0.2) is 0 Å². The number of hydrogen-bond donors (Lipinski definition) is 1. The van der Waals surface area contributed by atoms with Gasteiger partial charge in [-0.15, -0.1) is 0 Å². The summed E-state index contributed by atoms with van der Waals surface area (Å²) in [4.78, 5) is 0. The summed E-state index contributed by atoms with van der Waals surface area (Å²) in [5, 5.41) is 8.47. The van der Waals surface area contributed by atoms with Gasteiger partial charge in [0.05, 0.1) is 6.61 Å². The van der Waals surface area contributed by atoms with Crippen molar-refractivity contribution in [2.75, 3.05) is 13.2 Å². The van der Waals surface area contributed by atoms with Crippen LogP contribution < -0.4 is 4.74 Å². The second kappa shape index (κ2) is 3.98. The number of benzene rings is 1. The molecule has 1 aromatic carbocycles. The minimum absolute atomic E-state index is 0.0360. The summed E-state index contributed by atoms with van der Waals surface area (Å²) in [6.07, 6.45) is 0. The Bertz CT molecular complexity index is 221. The van der Waals surface area contributed by atoms with Crippen molar-refractivity contribution >= 4 is 0 Å². The van der Waals surface area contributed by atoms with Crippen LogP contribution in [-0.4, -0.2) is 18.3 Å². The summed E-state index contributed by atoms with van der Waals surface area (Å²) in [6, 6.07) is 7.47. The van der Waals surface area contributed by atoms with E-state index in [1.54, 1.807) is 0 Å². The molecule has 1 aromatic rings. The quantitative estimate of drug-likeness (QED) is 0.704. The first kappa shape index (κ1) is 8.08. The van der Waals surface area contributed by atoms with Crippen molar-refractivity contribution < 1.29 is 9.84 Å². The molecule has 0 heterocycles. The Morgan fingerprint density at radius 1 is 1.36 bits per heavy atom. The van der Waals surface area contributed by atoms with Gasteiger partial charge in [0.25, 0.3) is 0 Å². The van der Waals surface area contributed by atoms with Gasteiger partial charge in [-0.1, -0.05) is 18.2 Å². The van der Waals surface area contributed by atoms with Gasteiger partial charge in [-0.2, -0.15) is 0 Å². The fourth-order valence-corrected chi connectivity index (χ4v) is 0.800. The molecule has 0 fully saturated rings. The van der Waals surface area contributed by atoms with Crippen LogP contribution in [0, 0.1) is 6.92 Å². The lowest BCUT2D eigenvalue weighted by molar-refractivity contribution is 0.201. The van der Waals surface area contributed by atoms with Gasteiger partial charge in [0.2, 0.25) is 0 Å². The Balaban J connectivity index is 2.62. The molecule has 0 aliphatic carbocycles. The fraction of sp³-hybridized carbons (Fsp3) is 0.222. The summed E-state index contributed by atoms with van der Waals surface area (Å²) in [5.41, 5.74) is 0.848. The van der Waals surface area contributed by atoms with Crippen molar-refractivity contribution in [1.29, 1.82) is 0 Å². The first-order valence-electron chi connectivity index (χ1n) is 3.49. The van der Waals surface area contributed by atoms with E-state index in [1.807, 2.05) is 24.3 Å². The highest BCUT2D eigenvalue weighted by molar-refractivity contribution is 5.35. The molecule has 0 aliphatic rings. The maximum atomic E-state index is 8.47. The van der Waals surface area contributed by atoms with Crippen LogP contribution in [0.15, 0.2) is 24.3 Å². The van der Waals surface area contributed by atoms with Crippen LogP contribution in [-0.2, 0) is 0 Å². The van der Waals surface area contributed by atoms with Crippen LogP contribution in [0.5, 0.6) is 5.75 Å². The monoisotopic (exact) mass is 151 g/mol. The maximum absolute atomic E-state index is 8.47. The molecule has 1 N–H and O–H groups in total. The molecule has 0 amide bonds. The molecular formula is C9H11O2. The van der Waals surface area contributed by atoms with Gasteiger partial charge < -0.3 is 9.84 Å². The highest BCUT2D eigenvalue weighted by Crippen LogP contribution is 2.15. The Morgan fingerprint density at radius 3 is 2.73 bits per heavy atom. The highest BCUT2D eigenvalue weighted by atomic mass is 16.5. The van der Waals surface area contributed by atoms with E-state index in [2.05, 4.69) is 6.92 Å². The zero-order chi connectivity index (χ0) is 8.10. The predicted molar refractivity (Wildman–Crippen MR) is 43.5 cm³/mol. The van der Waals surface area contributed by atoms with Crippen molar-refractivity contribution in [3.63, 3.8) is 0 Å². The van der Waals surface area contributed by atoms with Crippen molar-refractivity contribution in [1.82, 2.24) is 0 Å². The van der Waals surface area contributed by atoms with Crippen molar-refractivity contribution in [3.8, 4) is 5.75 Å². The largest absolute Gasteiger partial charge is 0.491 e. The van der Waals surface area contributed by atoms with E-state index in [9.17, 15) is 0 Å². The minimum atomic E-state index is 0.0360. The molecule has 59 valence electrons. The van der Waals surface area contributed by atoms with Crippen molar-refractivity contribution in [2.45, 2.75) is 0 Å². The summed E-state index contributed by atoms with van der Waals surface area (Å²) < 4.78 is 5.17. The third-order valence-electron chi connectivity index (χ3n) is 1.32. The van der Waals surface area contributed by atoms with Gasteiger partial charge in [-0.25, -0.2) is 0 Å². The average Bonchev–Trinajstić information content (AvgIpc) is 2.03. The van der Waals surface area contributed by atoms with E-state index in [0.29, 0.717) is 6.61 Å². The molecule has 0 spiro atoms. The number of ether oxygens (including phenoxy) is 1. The lowest BCUT2D eigenvalue weighted by Crippen LogP contribution is -2.02. The van der Waals surface area contributed by atoms with Gasteiger partial charge >= 0.3 is 0 Å². The first-order valence-corrected chi connectivity index (χ1v) is 3.49. The number of aliphatic hydroxyl groups excluding tert-OH is 1. The van der Waals surface area contributed by atoms with E-state index >= 15 is 0 Å². The van der Waals surface area contributed by atoms with Crippen LogP contribution in [0.25, 0.3) is 0 Å². The van der Waals surface area contributed by atoms with E-state index in [1.165, 1.54) is 0 Å². The second-order valence-corrected chi connectivity index (χ2v) is 2.18. The molecule has 2 heteroatoms. The number of para-hydroxylation sites is 1. The van der Waals surface area contributed by atoms with Crippen LogP contribution in [0.4, 0.5) is 0 Å². The first-order chi connectivity index (χ1) is 5.34. The molecular weight excluding hydrogens is 140 g/mol. The molecule has 0 atom stereocenters. The van der Waals surface area contributed by atoms with E-state index in [4.69, 9.17) is 9.84 Å². The van der Waals surface area contributed by atoms with E-state index < -0.39 is 0 Å². The Hall–Kier alpha value is -1.02. The lowest BCUT2D eigenvalue weighted by Gasteiger charge is -2.05. The van der Waals surface area contributed by atoms with Crippen molar-refractivity contribution in [2.24, 2.45) is 0 Å². The summed E-state index contributed by atoms with van der Waals surface area (Å²) in [6.45, 7) is 4.13. The third-order valence-corrected chi connectivity index (χ3v) is 1.32.